The number of carboxylic acids is 1. The monoisotopic (exact) mass is 266 g/mol. The fourth-order valence-corrected chi connectivity index (χ4v) is 2.48. The van der Waals surface area contributed by atoms with E-state index >= 15 is 0 Å². The molecule has 0 amide bonds. The van der Waals surface area contributed by atoms with Crippen LogP contribution in [0.25, 0.3) is 0 Å². The van der Waals surface area contributed by atoms with E-state index < -0.39 is 5.97 Å². The molecule has 1 atom stereocenters. The molecule has 1 heterocycles. The van der Waals surface area contributed by atoms with Crippen LogP contribution < -0.4 is 0 Å². The second-order valence-electron chi connectivity index (χ2n) is 4.97. The van der Waals surface area contributed by atoms with Crippen molar-refractivity contribution in [3.63, 3.8) is 0 Å². The standard InChI is InChI=1S/C14H19FN2O2/c1-16-6-8-17(9-7-16)13(10-14(18)19)11-4-2-3-5-12(11)15/h2-5,13H,6-10H2,1H3,(H,18,19). The number of aliphatic carboxylic acids is 1. The van der Waals surface area contributed by atoms with E-state index in [-0.39, 0.29) is 18.3 Å². The van der Waals surface area contributed by atoms with E-state index in [1.54, 1.807) is 18.2 Å². The van der Waals surface area contributed by atoms with Gasteiger partial charge in [-0.25, -0.2) is 4.39 Å². The number of nitrogens with zero attached hydrogens (tertiary/aromatic N) is 2. The molecule has 19 heavy (non-hydrogen) atoms. The second-order valence-corrected chi connectivity index (χ2v) is 4.97. The Bertz CT molecular complexity index is 445. The van der Waals surface area contributed by atoms with Crippen LogP contribution in [0.2, 0.25) is 0 Å². The lowest BCUT2D eigenvalue weighted by Gasteiger charge is -2.37. The Kier molecular flexibility index (Phi) is 4.50. The van der Waals surface area contributed by atoms with E-state index in [0.29, 0.717) is 5.56 Å². The molecule has 1 saturated heterocycles. The molecule has 0 saturated carbocycles. The van der Waals surface area contributed by atoms with Crippen molar-refractivity contribution in [3.05, 3.63) is 35.6 Å². The molecular weight excluding hydrogens is 247 g/mol. The van der Waals surface area contributed by atoms with E-state index in [2.05, 4.69) is 9.80 Å². The highest BCUT2D eigenvalue weighted by atomic mass is 19.1. The number of piperazine rings is 1. The van der Waals surface area contributed by atoms with Crippen LogP contribution in [0.3, 0.4) is 0 Å². The van der Waals surface area contributed by atoms with Crippen LogP contribution in [-0.2, 0) is 4.79 Å². The summed E-state index contributed by atoms with van der Waals surface area (Å²) < 4.78 is 13.9. The Morgan fingerprint density at radius 1 is 1.32 bits per heavy atom. The average Bonchev–Trinajstić information content (AvgIpc) is 2.38. The number of rotatable bonds is 4. The highest BCUT2D eigenvalue weighted by Gasteiger charge is 2.27. The molecule has 1 aromatic carbocycles. The van der Waals surface area contributed by atoms with Crippen LogP contribution in [0.15, 0.2) is 24.3 Å². The van der Waals surface area contributed by atoms with E-state index in [1.807, 2.05) is 7.05 Å². The summed E-state index contributed by atoms with van der Waals surface area (Å²) >= 11 is 0. The highest BCUT2D eigenvalue weighted by Crippen LogP contribution is 2.27. The number of carbonyl (C=O) groups is 1. The maximum atomic E-state index is 13.9. The molecule has 0 aromatic heterocycles. The summed E-state index contributed by atoms with van der Waals surface area (Å²) in [5.74, 6) is -1.22. The predicted molar refractivity (Wildman–Crippen MR) is 70.5 cm³/mol. The van der Waals surface area contributed by atoms with Gasteiger partial charge in [-0.1, -0.05) is 18.2 Å². The third-order valence-corrected chi connectivity index (χ3v) is 3.61. The number of halogens is 1. The lowest BCUT2D eigenvalue weighted by molar-refractivity contribution is -0.138. The summed E-state index contributed by atoms with van der Waals surface area (Å²) in [6.07, 6.45) is -0.0648. The SMILES string of the molecule is CN1CCN(C(CC(=O)O)c2ccccc2F)CC1. The maximum absolute atomic E-state index is 13.9. The number of hydrogen-bond donors (Lipinski definition) is 1. The van der Waals surface area contributed by atoms with Gasteiger partial charge in [0.2, 0.25) is 0 Å². The van der Waals surface area contributed by atoms with E-state index in [1.165, 1.54) is 6.07 Å². The summed E-state index contributed by atoms with van der Waals surface area (Å²) in [4.78, 5) is 15.3. The Hall–Kier alpha value is -1.46. The number of hydrogen-bond acceptors (Lipinski definition) is 3. The van der Waals surface area contributed by atoms with Gasteiger partial charge in [0.25, 0.3) is 0 Å². The van der Waals surface area contributed by atoms with Gasteiger partial charge in [0, 0.05) is 37.8 Å². The van der Waals surface area contributed by atoms with Gasteiger partial charge in [0.05, 0.1) is 6.42 Å². The van der Waals surface area contributed by atoms with Crippen LogP contribution in [0.4, 0.5) is 4.39 Å². The third kappa shape index (κ3) is 3.52. The quantitative estimate of drug-likeness (QED) is 0.899. The molecule has 1 N–H and O–H groups in total. The summed E-state index contributed by atoms with van der Waals surface area (Å²) in [7, 11) is 2.03. The second kappa shape index (κ2) is 6.12. The fraction of sp³-hybridized carbons (Fsp3) is 0.500. The van der Waals surface area contributed by atoms with Gasteiger partial charge in [-0.2, -0.15) is 0 Å². The van der Waals surface area contributed by atoms with Gasteiger partial charge in [-0.3, -0.25) is 9.69 Å². The summed E-state index contributed by atoms with van der Waals surface area (Å²) in [6, 6.07) is 6.07. The normalized spacial score (nSPS) is 19.3. The topological polar surface area (TPSA) is 43.8 Å². The zero-order chi connectivity index (χ0) is 13.8. The highest BCUT2D eigenvalue weighted by molar-refractivity contribution is 5.68. The minimum Gasteiger partial charge on any atom is -0.481 e. The van der Waals surface area contributed by atoms with Crippen LogP contribution in [0.5, 0.6) is 0 Å². The minimum absolute atomic E-state index is 0.0648. The molecule has 1 aliphatic rings. The van der Waals surface area contributed by atoms with Gasteiger partial charge >= 0.3 is 5.97 Å². The molecule has 104 valence electrons. The number of carboxylic acid groups (broad SMARTS) is 1. The van der Waals surface area contributed by atoms with Gasteiger partial charge in [0.15, 0.2) is 0 Å². The van der Waals surface area contributed by atoms with Crippen LogP contribution in [0.1, 0.15) is 18.0 Å². The van der Waals surface area contributed by atoms with Gasteiger partial charge < -0.3 is 10.0 Å². The minimum atomic E-state index is -0.896. The summed E-state index contributed by atoms with van der Waals surface area (Å²) in [6.45, 7) is 3.29. The molecule has 2 rings (SSSR count). The maximum Gasteiger partial charge on any atom is 0.305 e. The average molecular weight is 266 g/mol. The molecule has 1 fully saturated rings. The summed E-state index contributed by atoms with van der Waals surface area (Å²) in [5.41, 5.74) is 0.481. The Morgan fingerprint density at radius 2 is 1.95 bits per heavy atom. The van der Waals surface area contributed by atoms with Crippen LogP contribution >= 0.6 is 0 Å². The van der Waals surface area contributed by atoms with Crippen molar-refractivity contribution in [3.8, 4) is 0 Å². The molecule has 0 radical (unpaired) electrons. The lowest BCUT2D eigenvalue weighted by Crippen LogP contribution is -2.46. The Balaban J connectivity index is 2.21. The van der Waals surface area contributed by atoms with Gasteiger partial charge in [-0.15, -0.1) is 0 Å². The largest absolute Gasteiger partial charge is 0.481 e. The van der Waals surface area contributed by atoms with Crippen molar-refractivity contribution >= 4 is 5.97 Å². The molecule has 0 spiro atoms. The first kappa shape index (κ1) is 14.0. The predicted octanol–water partition coefficient (Wildman–Crippen LogP) is 1.59. The van der Waals surface area contributed by atoms with Crippen LogP contribution in [0, 0.1) is 5.82 Å². The number of benzene rings is 1. The van der Waals surface area contributed by atoms with Crippen molar-refractivity contribution in [2.24, 2.45) is 0 Å². The number of likely N-dealkylation sites (N-methyl/N-ethyl adjacent to an activating group) is 1. The van der Waals surface area contributed by atoms with Crippen LogP contribution in [-0.4, -0.2) is 54.1 Å². The van der Waals surface area contributed by atoms with E-state index in [4.69, 9.17) is 5.11 Å². The zero-order valence-corrected chi connectivity index (χ0v) is 11.1. The smallest absolute Gasteiger partial charge is 0.305 e. The molecule has 0 bridgehead atoms. The van der Waals surface area contributed by atoms with Crippen molar-refractivity contribution in [2.45, 2.75) is 12.5 Å². The van der Waals surface area contributed by atoms with Crippen molar-refractivity contribution in [2.75, 3.05) is 33.2 Å². The van der Waals surface area contributed by atoms with Crippen molar-refractivity contribution in [1.82, 2.24) is 9.80 Å². The van der Waals surface area contributed by atoms with Gasteiger partial charge in [0.1, 0.15) is 5.82 Å². The first-order valence-electron chi connectivity index (χ1n) is 6.46. The lowest BCUT2D eigenvalue weighted by atomic mass is 10.0. The van der Waals surface area contributed by atoms with Gasteiger partial charge in [-0.05, 0) is 13.1 Å². The molecule has 5 heteroatoms. The zero-order valence-electron chi connectivity index (χ0n) is 11.1. The Labute approximate surface area is 112 Å². The molecule has 1 aromatic rings. The first-order valence-corrected chi connectivity index (χ1v) is 6.46. The van der Waals surface area contributed by atoms with Crippen molar-refractivity contribution < 1.29 is 14.3 Å². The molecule has 0 aliphatic carbocycles. The molecule has 1 unspecified atom stereocenters. The Morgan fingerprint density at radius 3 is 2.53 bits per heavy atom. The molecule has 4 nitrogen and oxygen atoms in total. The third-order valence-electron chi connectivity index (χ3n) is 3.61. The van der Waals surface area contributed by atoms with E-state index in [9.17, 15) is 9.18 Å². The first-order chi connectivity index (χ1) is 9.08. The summed E-state index contributed by atoms with van der Waals surface area (Å²) in [5, 5.41) is 9.06. The van der Waals surface area contributed by atoms with Crippen molar-refractivity contribution in [1.29, 1.82) is 0 Å². The van der Waals surface area contributed by atoms with E-state index in [0.717, 1.165) is 26.2 Å². The fourth-order valence-electron chi connectivity index (χ4n) is 2.48. The molecular formula is C14H19FN2O2. The molecule has 1 aliphatic heterocycles.